The normalized spacial score (nSPS) is 17.7. The fourth-order valence-electron chi connectivity index (χ4n) is 3.17. The minimum Gasteiger partial charge on any atom is -0.472 e. The largest absolute Gasteiger partial charge is 0.472 e. The molecule has 0 unspecified atom stereocenters. The van der Waals surface area contributed by atoms with E-state index >= 15 is 0 Å². The second-order valence-corrected chi connectivity index (χ2v) is 7.75. The Bertz CT molecular complexity index is 634. The van der Waals surface area contributed by atoms with Crippen LogP contribution in [0, 0.1) is 5.92 Å². The van der Waals surface area contributed by atoms with E-state index in [0.717, 1.165) is 12.8 Å². The summed E-state index contributed by atoms with van der Waals surface area (Å²) in [6.07, 6.45) is 4.38. The van der Waals surface area contributed by atoms with E-state index in [-0.39, 0.29) is 35.7 Å². The molecule has 2 heterocycles. The molecule has 1 aliphatic heterocycles. The van der Waals surface area contributed by atoms with Gasteiger partial charge in [0.05, 0.1) is 24.3 Å². The van der Waals surface area contributed by atoms with Crippen molar-refractivity contribution in [1.29, 1.82) is 0 Å². The number of hydrogen-bond acceptors (Lipinski definition) is 4. The summed E-state index contributed by atoms with van der Waals surface area (Å²) in [7, 11) is 0. The van der Waals surface area contributed by atoms with Gasteiger partial charge in [-0.3, -0.25) is 14.4 Å². The Morgan fingerprint density at radius 1 is 1.35 bits per heavy atom. The number of piperidine rings is 1. The lowest BCUT2D eigenvalue weighted by Crippen LogP contribution is -2.51. The van der Waals surface area contributed by atoms with Crippen LogP contribution in [0.4, 0.5) is 0 Å². The number of nitrogens with zero attached hydrogens (tertiary/aromatic N) is 2. The van der Waals surface area contributed by atoms with Crippen LogP contribution >= 0.6 is 0 Å². The van der Waals surface area contributed by atoms with E-state index in [1.165, 1.54) is 12.5 Å². The summed E-state index contributed by atoms with van der Waals surface area (Å²) in [6, 6.07) is 1.63. The van der Waals surface area contributed by atoms with E-state index in [0.29, 0.717) is 25.2 Å². The minimum absolute atomic E-state index is 0.0405. The number of likely N-dealkylation sites (N-methyl/N-ethyl adjacent to an activating group) is 1. The zero-order chi connectivity index (χ0) is 19.3. The summed E-state index contributed by atoms with van der Waals surface area (Å²) in [5, 5.41) is 2.88. The van der Waals surface area contributed by atoms with E-state index in [2.05, 4.69) is 5.32 Å². The van der Waals surface area contributed by atoms with Crippen LogP contribution in [0.3, 0.4) is 0 Å². The maximum atomic E-state index is 12.9. The molecule has 0 saturated carbocycles. The van der Waals surface area contributed by atoms with Gasteiger partial charge < -0.3 is 19.5 Å². The van der Waals surface area contributed by atoms with Crippen molar-refractivity contribution in [3.05, 3.63) is 24.2 Å². The molecule has 26 heavy (non-hydrogen) atoms. The second kappa shape index (κ2) is 8.38. The van der Waals surface area contributed by atoms with Crippen molar-refractivity contribution >= 4 is 17.7 Å². The number of carbonyl (C=O) groups excluding carboxylic acids is 3. The molecule has 0 radical (unpaired) electrons. The van der Waals surface area contributed by atoms with E-state index in [1.807, 2.05) is 27.7 Å². The minimum atomic E-state index is -0.335. The van der Waals surface area contributed by atoms with Gasteiger partial charge in [-0.25, -0.2) is 0 Å². The first kappa shape index (κ1) is 20.0. The number of carbonyl (C=O) groups is 3. The first-order valence-corrected chi connectivity index (χ1v) is 9.12. The van der Waals surface area contributed by atoms with Crippen molar-refractivity contribution in [2.24, 2.45) is 5.92 Å². The van der Waals surface area contributed by atoms with Crippen LogP contribution in [0.1, 0.15) is 50.9 Å². The fraction of sp³-hybridized carbons (Fsp3) is 0.632. The van der Waals surface area contributed by atoms with Crippen molar-refractivity contribution < 1.29 is 18.8 Å². The van der Waals surface area contributed by atoms with E-state index in [4.69, 9.17) is 4.42 Å². The highest BCUT2D eigenvalue weighted by Gasteiger charge is 2.32. The van der Waals surface area contributed by atoms with Gasteiger partial charge in [-0.05, 0) is 46.6 Å². The van der Waals surface area contributed by atoms with Gasteiger partial charge in [0.25, 0.3) is 5.91 Å². The Morgan fingerprint density at radius 3 is 2.65 bits per heavy atom. The fourth-order valence-corrected chi connectivity index (χ4v) is 3.17. The standard InChI is InChI=1S/C19H29N3O4/c1-5-21(12-16(23)20-19(2,3)4)17(24)14-7-6-9-22(11-14)18(25)15-8-10-26-13-15/h8,10,13-14H,5-7,9,11-12H2,1-4H3,(H,20,23)/t14-/m0/s1. The van der Waals surface area contributed by atoms with Gasteiger partial charge >= 0.3 is 0 Å². The van der Waals surface area contributed by atoms with Gasteiger partial charge in [0.2, 0.25) is 11.8 Å². The molecule has 0 bridgehead atoms. The van der Waals surface area contributed by atoms with Crippen LogP contribution in [0.15, 0.2) is 23.0 Å². The molecule has 3 amide bonds. The van der Waals surface area contributed by atoms with Crippen molar-refractivity contribution in [2.75, 3.05) is 26.2 Å². The molecule has 0 aromatic carbocycles. The van der Waals surface area contributed by atoms with Gasteiger partial charge in [0.1, 0.15) is 6.26 Å². The molecule has 0 aliphatic carbocycles. The second-order valence-electron chi connectivity index (χ2n) is 7.75. The first-order valence-electron chi connectivity index (χ1n) is 9.12. The Kier molecular flexibility index (Phi) is 6.45. The topological polar surface area (TPSA) is 82.9 Å². The maximum Gasteiger partial charge on any atom is 0.257 e. The molecule has 1 aromatic rings. The summed E-state index contributed by atoms with van der Waals surface area (Å²) in [6.45, 7) is 9.09. The lowest BCUT2D eigenvalue weighted by molar-refractivity contribution is -0.140. The predicted octanol–water partition coefficient (Wildman–Crippen LogP) is 1.89. The van der Waals surface area contributed by atoms with Gasteiger partial charge in [-0.2, -0.15) is 0 Å². The van der Waals surface area contributed by atoms with Crippen molar-refractivity contribution in [1.82, 2.24) is 15.1 Å². The summed E-state index contributed by atoms with van der Waals surface area (Å²) in [5.41, 5.74) is 0.160. The molecule has 7 nitrogen and oxygen atoms in total. The number of furan rings is 1. The monoisotopic (exact) mass is 363 g/mol. The van der Waals surface area contributed by atoms with Crippen molar-refractivity contribution in [3.63, 3.8) is 0 Å². The number of likely N-dealkylation sites (tertiary alicyclic amines) is 1. The van der Waals surface area contributed by atoms with Crippen LogP contribution in [0.2, 0.25) is 0 Å². The molecule has 7 heteroatoms. The number of hydrogen-bond donors (Lipinski definition) is 1. The summed E-state index contributed by atoms with van der Waals surface area (Å²) in [4.78, 5) is 40.8. The van der Waals surface area contributed by atoms with Gasteiger partial charge in [-0.15, -0.1) is 0 Å². The average Bonchev–Trinajstić information content (AvgIpc) is 3.11. The Hall–Kier alpha value is -2.31. The molecule has 144 valence electrons. The molecule has 1 aromatic heterocycles. The Morgan fingerprint density at radius 2 is 2.08 bits per heavy atom. The number of rotatable bonds is 5. The van der Waals surface area contributed by atoms with Gasteiger partial charge in [0, 0.05) is 25.2 Å². The lowest BCUT2D eigenvalue weighted by Gasteiger charge is -2.34. The molecule has 1 saturated heterocycles. The molecular formula is C19H29N3O4. The molecule has 0 spiro atoms. The van der Waals surface area contributed by atoms with Crippen molar-refractivity contribution in [3.8, 4) is 0 Å². The molecule has 1 fully saturated rings. The third-order valence-electron chi connectivity index (χ3n) is 4.37. The average molecular weight is 363 g/mol. The molecule has 1 aliphatic rings. The quantitative estimate of drug-likeness (QED) is 0.866. The molecular weight excluding hydrogens is 334 g/mol. The highest BCUT2D eigenvalue weighted by atomic mass is 16.3. The van der Waals surface area contributed by atoms with Crippen molar-refractivity contribution in [2.45, 2.75) is 46.1 Å². The lowest BCUT2D eigenvalue weighted by atomic mass is 9.96. The van der Waals surface area contributed by atoms with E-state index < -0.39 is 0 Å². The van der Waals surface area contributed by atoms with Crippen LogP contribution in [-0.2, 0) is 9.59 Å². The zero-order valence-electron chi connectivity index (χ0n) is 16.1. The first-order chi connectivity index (χ1) is 12.2. The number of nitrogens with one attached hydrogen (secondary N) is 1. The summed E-state index contributed by atoms with van der Waals surface area (Å²) in [5.74, 6) is -0.636. The van der Waals surface area contributed by atoms with Crippen LogP contribution < -0.4 is 5.32 Å². The maximum absolute atomic E-state index is 12.9. The van der Waals surface area contributed by atoms with Crippen LogP contribution in [0.5, 0.6) is 0 Å². The Balaban J connectivity index is 1.98. The van der Waals surface area contributed by atoms with E-state index in [1.54, 1.807) is 15.9 Å². The number of amides is 3. The zero-order valence-corrected chi connectivity index (χ0v) is 16.1. The predicted molar refractivity (Wildman–Crippen MR) is 97.5 cm³/mol. The van der Waals surface area contributed by atoms with Crippen LogP contribution in [-0.4, -0.2) is 59.2 Å². The third-order valence-corrected chi connectivity index (χ3v) is 4.37. The highest BCUT2D eigenvalue weighted by Crippen LogP contribution is 2.21. The van der Waals surface area contributed by atoms with Gasteiger partial charge in [-0.1, -0.05) is 0 Å². The highest BCUT2D eigenvalue weighted by molar-refractivity contribution is 5.94. The smallest absolute Gasteiger partial charge is 0.257 e. The summed E-state index contributed by atoms with van der Waals surface area (Å²) < 4.78 is 4.97. The molecule has 1 atom stereocenters. The third kappa shape index (κ3) is 5.34. The van der Waals surface area contributed by atoms with Crippen LogP contribution in [0.25, 0.3) is 0 Å². The Labute approximate surface area is 154 Å². The molecule has 2 rings (SSSR count). The van der Waals surface area contributed by atoms with E-state index in [9.17, 15) is 14.4 Å². The molecule has 1 N–H and O–H groups in total. The SMILES string of the molecule is CCN(CC(=O)NC(C)(C)C)C(=O)[C@H]1CCCN(C(=O)c2ccoc2)C1. The van der Waals surface area contributed by atoms with Gasteiger partial charge in [0.15, 0.2) is 0 Å². The summed E-state index contributed by atoms with van der Waals surface area (Å²) >= 11 is 0.